The largest absolute Gasteiger partial charge is 0.472 e. The van der Waals surface area contributed by atoms with Gasteiger partial charge >= 0.3 is 7.82 Å². The molecule has 0 aliphatic carbocycles. The van der Waals surface area contributed by atoms with Crippen LogP contribution in [-0.4, -0.2) is 51.1 Å². The van der Waals surface area contributed by atoms with E-state index in [1.807, 2.05) is 0 Å². The first-order valence-electron chi connectivity index (χ1n) is 13.0. The molecule has 2 atom stereocenters. The van der Waals surface area contributed by atoms with E-state index < -0.39 is 13.9 Å². The third-order valence-corrected chi connectivity index (χ3v) is 6.56. The van der Waals surface area contributed by atoms with Crippen molar-refractivity contribution in [2.45, 2.75) is 116 Å². The maximum absolute atomic E-state index is 11.6. The van der Waals surface area contributed by atoms with Gasteiger partial charge in [-0.15, -0.1) is 0 Å². The Labute approximate surface area is 197 Å². The minimum atomic E-state index is -4.07. The second-order valence-corrected chi connectivity index (χ2v) is 10.1. The summed E-state index contributed by atoms with van der Waals surface area (Å²) in [5, 5.41) is 0. The lowest BCUT2D eigenvalue weighted by molar-refractivity contribution is -0.0219. The van der Waals surface area contributed by atoms with E-state index in [1.54, 1.807) is 0 Å². The molecule has 0 aliphatic rings. The zero-order valence-electron chi connectivity index (χ0n) is 20.9. The Morgan fingerprint density at radius 3 is 1.62 bits per heavy atom. The number of ether oxygens (including phenoxy) is 2. The average molecular weight is 482 g/mol. The Morgan fingerprint density at radius 1 is 0.719 bits per heavy atom. The molecule has 0 rings (SSSR count). The van der Waals surface area contributed by atoms with Crippen molar-refractivity contribution < 1.29 is 28.0 Å². The SMILES string of the molecule is CCCCCCCCCCCCCCCCCCOC[C@@H](COP(=O)(O)OCCN)OC. The van der Waals surface area contributed by atoms with E-state index in [1.165, 1.54) is 103 Å². The lowest BCUT2D eigenvalue weighted by Gasteiger charge is -2.18. The van der Waals surface area contributed by atoms with Crippen LogP contribution in [0.5, 0.6) is 0 Å². The van der Waals surface area contributed by atoms with E-state index in [4.69, 9.17) is 19.7 Å². The molecule has 0 fully saturated rings. The molecule has 0 aromatic heterocycles. The van der Waals surface area contributed by atoms with Gasteiger partial charge in [0.1, 0.15) is 6.10 Å². The molecule has 0 aliphatic heterocycles. The summed E-state index contributed by atoms with van der Waals surface area (Å²) < 4.78 is 32.0. The van der Waals surface area contributed by atoms with Gasteiger partial charge < -0.3 is 20.1 Å². The summed E-state index contributed by atoms with van der Waals surface area (Å²) in [6.07, 6.45) is 21.1. The highest BCUT2D eigenvalue weighted by Crippen LogP contribution is 2.42. The monoisotopic (exact) mass is 481 g/mol. The summed E-state index contributed by atoms with van der Waals surface area (Å²) in [5.74, 6) is 0. The van der Waals surface area contributed by atoms with Crippen molar-refractivity contribution in [1.82, 2.24) is 0 Å². The molecular formula is C24H52NO6P. The third-order valence-electron chi connectivity index (χ3n) is 5.58. The van der Waals surface area contributed by atoms with Gasteiger partial charge in [-0.05, 0) is 6.42 Å². The minimum absolute atomic E-state index is 0.0266. The first-order valence-corrected chi connectivity index (χ1v) is 14.5. The normalized spacial score (nSPS) is 14.5. The zero-order chi connectivity index (χ0) is 23.8. The molecule has 32 heavy (non-hydrogen) atoms. The number of rotatable bonds is 26. The molecule has 3 N–H and O–H groups in total. The van der Waals surface area contributed by atoms with Crippen molar-refractivity contribution in [3.8, 4) is 0 Å². The maximum Gasteiger partial charge on any atom is 0.472 e. The van der Waals surface area contributed by atoms with Gasteiger partial charge in [0.15, 0.2) is 0 Å². The molecule has 0 aromatic carbocycles. The van der Waals surface area contributed by atoms with Gasteiger partial charge in [0.2, 0.25) is 0 Å². The molecule has 8 heteroatoms. The molecule has 7 nitrogen and oxygen atoms in total. The van der Waals surface area contributed by atoms with Gasteiger partial charge in [-0.25, -0.2) is 4.57 Å². The molecule has 0 saturated heterocycles. The summed E-state index contributed by atoms with van der Waals surface area (Å²) in [5.41, 5.74) is 5.24. The lowest BCUT2D eigenvalue weighted by atomic mass is 10.0. The topological polar surface area (TPSA) is 100 Å². The van der Waals surface area contributed by atoms with Gasteiger partial charge in [0.25, 0.3) is 0 Å². The Hall–Kier alpha value is -0.0100. The van der Waals surface area contributed by atoms with Crippen LogP contribution >= 0.6 is 7.82 Å². The third kappa shape index (κ3) is 23.2. The van der Waals surface area contributed by atoms with Crippen molar-refractivity contribution in [3.63, 3.8) is 0 Å². The smallest absolute Gasteiger partial charge is 0.379 e. The summed E-state index contributed by atoms with van der Waals surface area (Å²) in [7, 11) is -2.55. The number of methoxy groups -OCH3 is 1. The molecule has 0 amide bonds. The first-order chi connectivity index (χ1) is 15.6. The molecule has 0 spiro atoms. The van der Waals surface area contributed by atoms with Gasteiger partial charge in [0, 0.05) is 20.3 Å². The molecule has 0 bridgehead atoms. The van der Waals surface area contributed by atoms with Gasteiger partial charge in [-0.3, -0.25) is 9.05 Å². The summed E-state index contributed by atoms with van der Waals surface area (Å²) in [4.78, 5) is 9.48. The van der Waals surface area contributed by atoms with Crippen molar-refractivity contribution in [2.24, 2.45) is 5.73 Å². The predicted octanol–water partition coefficient (Wildman–Crippen LogP) is 6.37. The molecule has 0 heterocycles. The Morgan fingerprint density at radius 2 is 1.19 bits per heavy atom. The van der Waals surface area contributed by atoms with Crippen molar-refractivity contribution in [2.75, 3.05) is 40.1 Å². The van der Waals surface area contributed by atoms with E-state index in [-0.39, 0.29) is 19.8 Å². The van der Waals surface area contributed by atoms with E-state index in [2.05, 4.69) is 11.4 Å². The van der Waals surface area contributed by atoms with E-state index in [0.717, 1.165) is 6.42 Å². The number of hydrogen-bond acceptors (Lipinski definition) is 6. The highest BCUT2D eigenvalue weighted by molar-refractivity contribution is 7.47. The van der Waals surface area contributed by atoms with Gasteiger partial charge in [-0.1, -0.05) is 103 Å². The Kier molecular flexibility index (Phi) is 24.1. The van der Waals surface area contributed by atoms with Crippen LogP contribution in [0.4, 0.5) is 0 Å². The molecule has 0 aromatic rings. The second-order valence-electron chi connectivity index (χ2n) is 8.62. The van der Waals surface area contributed by atoms with Crippen molar-refractivity contribution in [3.05, 3.63) is 0 Å². The predicted molar refractivity (Wildman–Crippen MR) is 132 cm³/mol. The average Bonchev–Trinajstić information content (AvgIpc) is 2.79. The summed E-state index contributed by atoms with van der Waals surface area (Å²) >= 11 is 0. The molecule has 0 radical (unpaired) electrons. The van der Waals surface area contributed by atoms with Crippen LogP contribution in [-0.2, 0) is 23.1 Å². The van der Waals surface area contributed by atoms with Crippen LogP contribution in [0.2, 0.25) is 0 Å². The van der Waals surface area contributed by atoms with Gasteiger partial charge in [-0.2, -0.15) is 0 Å². The fourth-order valence-electron chi connectivity index (χ4n) is 3.53. The van der Waals surface area contributed by atoms with E-state index in [0.29, 0.717) is 13.2 Å². The molecule has 194 valence electrons. The number of phosphoric acid groups is 1. The van der Waals surface area contributed by atoms with Crippen LogP contribution in [0.3, 0.4) is 0 Å². The quantitative estimate of drug-likeness (QED) is 0.109. The van der Waals surface area contributed by atoms with Crippen LogP contribution in [0, 0.1) is 0 Å². The maximum atomic E-state index is 11.6. The lowest BCUT2D eigenvalue weighted by Crippen LogP contribution is -2.24. The summed E-state index contributed by atoms with van der Waals surface area (Å²) in [6.45, 7) is 3.33. The van der Waals surface area contributed by atoms with E-state index >= 15 is 0 Å². The fraction of sp³-hybridized carbons (Fsp3) is 1.00. The molecule has 1 unspecified atom stereocenters. The van der Waals surface area contributed by atoms with E-state index in [9.17, 15) is 9.46 Å². The number of unbranched alkanes of at least 4 members (excludes halogenated alkanes) is 15. The molecular weight excluding hydrogens is 429 g/mol. The van der Waals surface area contributed by atoms with Gasteiger partial charge in [0.05, 0.1) is 19.8 Å². The standard InChI is InChI=1S/C24H52NO6P/c1-3-4-5-6-7-8-9-10-11-12-13-14-15-16-17-18-20-29-22-24(28-2)23-31-32(26,27)30-21-19-25/h24H,3-23,25H2,1-2H3,(H,26,27)/t24-/m0/s1. The number of nitrogens with two attached hydrogens (primary N) is 1. The summed E-state index contributed by atoms with van der Waals surface area (Å²) in [6, 6.07) is 0. The Balaban J connectivity index is 3.36. The molecule has 0 saturated carbocycles. The minimum Gasteiger partial charge on any atom is -0.379 e. The number of hydrogen-bond donors (Lipinski definition) is 2. The second kappa shape index (κ2) is 24.1. The fourth-order valence-corrected chi connectivity index (χ4v) is 4.30. The Bertz CT molecular complexity index is 427. The van der Waals surface area contributed by atoms with Crippen LogP contribution in [0.25, 0.3) is 0 Å². The van der Waals surface area contributed by atoms with Crippen LogP contribution in [0.1, 0.15) is 110 Å². The van der Waals surface area contributed by atoms with Crippen molar-refractivity contribution in [1.29, 1.82) is 0 Å². The first kappa shape index (κ1) is 32.0. The van der Waals surface area contributed by atoms with Crippen LogP contribution < -0.4 is 5.73 Å². The zero-order valence-corrected chi connectivity index (χ0v) is 21.8. The highest BCUT2D eigenvalue weighted by Gasteiger charge is 2.23. The number of phosphoric ester groups is 1. The highest BCUT2D eigenvalue weighted by atomic mass is 31.2. The van der Waals surface area contributed by atoms with Crippen LogP contribution in [0.15, 0.2) is 0 Å². The van der Waals surface area contributed by atoms with Crippen molar-refractivity contribution >= 4 is 7.82 Å².